The van der Waals surface area contributed by atoms with Crippen LogP contribution in [0.2, 0.25) is 0 Å². The Morgan fingerprint density at radius 3 is 2.45 bits per heavy atom. The van der Waals surface area contributed by atoms with Gasteiger partial charge in [0.1, 0.15) is 18.9 Å². The Labute approximate surface area is 132 Å². The molecule has 1 heterocycles. The molecule has 0 spiro atoms. The van der Waals surface area contributed by atoms with E-state index in [9.17, 15) is 0 Å². The molecule has 0 unspecified atom stereocenters. The zero-order chi connectivity index (χ0) is 15.8. The number of nitrogens with one attached hydrogen (secondary N) is 1. The summed E-state index contributed by atoms with van der Waals surface area (Å²) in [7, 11) is 0. The molecule has 1 aromatic carbocycles. The fraction of sp³-hybridized carbons (Fsp3) is 0.389. The predicted octanol–water partition coefficient (Wildman–Crippen LogP) is 2.46. The lowest BCUT2D eigenvalue weighted by Crippen LogP contribution is -3.12. The van der Waals surface area contributed by atoms with Crippen LogP contribution in [0.1, 0.15) is 30.9 Å². The fourth-order valence-corrected chi connectivity index (χ4v) is 2.23. The van der Waals surface area contributed by atoms with Crippen molar-refractivity contribution in [2.24, 2.45) is 0 Å². The SMILES string of the molecule is CC[NH+](CC)CCOc1ccc(/C=C/c2cc(C)no2)cc1. The van der Waals surface area contributed by atoms with Crippen molar-refractivity contribution in [2.45, 2.75) is 20.8 Å². The van der Waals surface area contributed by atoms with Gasteiger partial charge in [0.25, 0.3) is 0 Å². The molecule has 4 heteroatoms. The molecule has 0 saturated carbocycles. The standard InChI is InChI=1S/C18H24N2O2/c1-4-20(5-2)12-13-21-17-9-6-16(7-10-17)8-11-18-14-15(3)19-22-18/h6-11,14H,4-5,12-13H2,1-3H3/p+1/b11-8+. The Kier molecular flexibility index (Phi) is 6.22. The normalized spacial score (nSPS) is 11.5. The maximum atomic E-state index is 5.79. The lowest BCUT2D eigenvalue weighted by atomic mass is 10.2. The van der Waals surface area contributed by atoms with Gasteiger partial charge in [-0.25, -0.2) is 0 Å². The van der Waals surface area contributed by atoms with Crippen molar-refractivity contribution in [1.82, 2.24) is 5.16 Å². The third kappa shape index (κ3) is 5.04. The predicted molar refractivity (Wildman–Crippen MR) is 89.0 cm³/mol. The number of likely N-dealkylation sites (N-methyl/N-ethyl adjacent to an activating group) is 1. The van der Waals surface area contributed by atoms with Crippen molar-refractivity contribution >= 4 is 12.2 Å². The Morgan fingerprint density at radius 2 is 1.86 bits per heavy atom. The quantitative estimate of drug-likeness (QED) is 0.814. The topological polar surface area (TPSA) is 39.7 Å². The summed E-state index contributed by atoms with van der Waals surface area (Å²) < 4.78 is 10.9. The van der Waals surface area contributed by atoms with Crippen LogP contribution < -0.4 is 9.64 Å². The summed E-state index contributed by atoms with van der Waals surface area (Å²) in [5, 5.41) is 3.86. The van der Waals surface area contributed by atoms with Gasteiger partial charge in [-0.05, 0) is 44.5 Å². The second-order valence-corrected chi connectivity index (χ2v) is 5.33. The molecule has 0 fully saturated rings. The van der Waals surface area contributed by atoms with Crippen molar-refractivity contribution in [3.05, 3.63) is 47.3 Å². The Hall–Kier alpha value is -2.07. The van der Waals surface area contributed by atoms with E-state index >= 15 is 0 Å². The first-order valence-corrected chi connectivity index (χ1v) is 7.89. The van der Waals surface area contributed by atoms with E-state index in [-0.39, 0.29) is 0 Å². The summed E-state index contributed by atoms with van der Waals surface area (Å²) in [6, 6.07) is 9.99. The van der Waals surface area contributed by atoms with Gasteiger partial charge in [0.05, 0.1) is 18.8 Å². The Balaban J connectivity index is 1.83. The van der Waals surface area contributed by atoms with E-state index in [1.165, 1.54) is 0 Å². The van der Waals surface area contributed by atoms with Crippen LogP contribution in [0, 0.1) is 6.92 Å². The minimum absolute atomic E-state index is 0.754. The van der Waals surface area contributed by atoms with E-state index in [0.29, 0.717) is 0 Å². The van der Waals surface area contributed by atoms with Gasteiger partial charge >= 0.3 is 0 Å². The van der Waals surface area contributed by atoms with E-state index in [4.69, 9.17) is 9.26 Å². The minimum atomic E-state index is 0.754. The molecule has 118 valence electrons. The molecule has 2 rings (SSSR count). The lowest BCUT2D eigenvalue weighted by molar-refractivity contribution is -0.896. The summed E-state index contributed by atoms with van der Waals surface area (Å²) in [4.78, 5) is 1.56. The first-order chi connectivity index (χ1) is 10.7. The third-order valence-corrected chi connectivity index (χ3v) is 3.69. The van der Waals surface area contributed by atoms with Crippen LogP contribution in [-0.2, 0) is 0 Å². The smallest absolute Gasteiger partial charge is 0.159 e. The van der Waals surface area contributed by atoms with Gasteiger partial charge in [-0.15, -0.1) is 0 Å². The molecule has 0 atom stereocenters. The Bertz CT molecular complexity index is 583. The highest BCUT2D eigenvalue weighted by Crippen LogP contribution is 2.14. The highest BCUT2D eigenvalue weighted by atomic mass is 16.5. The summed E-state index contributed by atoms with van der Waals surface area (Å²) in [6.45, 7) is 10.4. The molecule has 0 aliphatic carbocycles. The number of nitrogens with zero attached hydrogens (tertiary/aromatic N) is 1. The Morgan fingerprint density at radius 1 is 1.14 bits per heavy atom. The molecule has 2 aromatic rings. The molecule has 1 N–H and O–H groups in total. The summed E-state index contributed by atoms with van der Waals surface area (Å²) in [6.07, 6.45) is 3.92. The van der Waals surface area contributed by atoms with Crippen molar-refractivity contribution < 1.29 is 14.2 Å². The number of benzene rings is 1. The molecule has 4 nitrogen and oxygen atoms in total. The number of hydrogen-bond acceptors (Lipinski definition) is 3. The van der Waals surface area contributed by atoms with Crippen LogP contribution in [0.4, 0.5) is 0 Å². The van der Waals surface area contributed by atoms with Gasteiger partial charge in [-0.3, -0.25) is 0 Å². The van der Waals surface area contributed by atoms with Crippen LogP contribution in [0.3, 0.4) is 0 Å². The average molecular weight is 301 g/mol. The molecule has 0 radical (unpaired) electrons. The largest absolute Gasteiger partial charge is 0.488 e. The molecule has 1 aromatic heterocycles. The zero-order valence-electron chi connectivity index (χ0n) is 13.6. The molecule has 0 aliphatic heterocycles. The maximum Gasteiger partial charge on any atom is 0.159 e. The van der Waals surface area contributed by atoms with Crippen LogP contribution in [0.25, 0.3) is 12.2 Å². The number of rotatable bonds is 8. The van der Waals surface area contributed by atoms with E-state index < -0.39 is 0 Å². The molecular formula is C18H25N2O2+. The van der Waals surface area contributed by atoms with Crippen LogP contribution in [0.15, 0.2) is 34.9 Å². The zero-order valence-corrected chi connectivity index (χ0v) is 13.6. The van der Waals surface area contributed by atoms with Crippen molar-refractivity contribution in [2.75, 3.05) is 26.2 Å². The fourth-order valence-electron chi connectivity index (χ4n) is 2.23. The summed E-state index contributed by atoms with van der Waals surface area (Å²) >= 11 is 0. The van der Waals surface area contributed by atoms with Crippen LogP contribution in [0.5, 0.6) is 5.75 Å². The van der Waals surface area contributed by atoms with Gasteiger partial charge in [0.2, 0.25) is 0 Å². The number of aromatic nitrogens is 1. The molecule has 0 aliphatic rings. The van der Waals surface area contributed by atoms with Crippen LogP contribution in [-0.4, -0.2) is 31.4 Å². The third-order valence-electron chi connectivity index (χ3n) is 3.69. The summed E-state index contributed by atoms with van der Waals surface area (Å²) in [5.41, 5.74) is 1.99. The highest BCUT2D eigenvalue weighted by Gasteiger charge is 2.02. The second kappa shape index (κ2) is 8.39. The average Bonchev–Trinajstić information content (AvgIpc) is 2.96. The first kappa shape index (κ1) is 16.3. The number of hydrogen-bond donors (Lipinski definition) is 1. The van der Waals surface area contributed by atoms with Gasteiger partial charge < -0.3 is 14.2 Å². The number of ether oxygens (including phenoxy) is 1. The first-order valence-electron chi connectivity index (χ1n) is 7.89. The summed E-state index contributed by atoms with van der Waals surface area (Å²) in [5.74, 6) is 1.68. The molecule has 0 bridgehead atoms. The van der Waals surface area contributed by atoms with Crippen molar-refractivity contribution in [3.8, 4) is 5.75 Å². The van der Waals surface area contributed by atoms with Gasteiger partial charge in [-0.2, -0.15) is 0 Å². The monoisotopic (exact) mass is 301 g/mol. The molecular weight excluding hydrogens is 276 g/mol. The molecule has 0 amide bonds. The minimum Gasteiger partial charge on any atom is -0.488 e. The van der Waals surface area contributed by atoms with E-state index in [1.54, 1.807) is 4.90 Å². The van der Waals surface area contributed by atoms with Gasteiger partial charge in [0, 0.05) is 6.07 Å². The van der Waals surface area contributed by atoms with E-state index in [2.05, 4.69) is 19.0 Å². The second-order valence-electron chi connectivity index (χ2n) is 5.33. The van der Waals surface area contributed by atoms with Gasteiger partial charge in [-0.1, -0.05) is 23.4 Å². The number of aryl methyl sites for hydroxylation is 1. The lowest BCUT2D eigenvalue weighted by Gasteiger charge is -2.15. The van der Waals surface area contributed by atoms with Gasteiger partial charge in [0.15, 0.2) is 5.76 Å². The van der Waals surface area contributed by atoms with Crippen molar-refractivity contribution in [1.29, 1.82) is 0 Å². The maximum absolute atomic E-state index is 5.79. The van der Waals surface area contributed by atoms with Crippen molar-refractivity contribution in [3.63, 3.8) is 0 Å². The van der Waals surface area contributed by atoms with Crippen LogP contribution >= 0.6 is 0 Å². The highest BCUT2D eigenvalue weighted by molar-refractivity contribution is 5.67. The molecule has 22 heavy (non-hydrogen) atoms. The van der Waals surface area contributed by atoms with E-state index in [1.807, 2.05) is 49.4 Å². The van der Waals surface area contributed by atoms with E-state index in [0.717, 1.165) is 49.0 Å². The number of quaternary nitrogens is 1. The molecule has 0 saturated heterocycles.